The smallest absolute Gasteiger partial charge is 0.316 e. The SMILES string of the molecule is CCCCC(C)Nc1cccc(NN)c1[N+](=O)[O-]. The number of nitrogen functional groups attached to an aromatic ring is 1. The Labute approximate surface area is 107 Å². The second kappa shape index (κ2) is 6.80. The average molecular weight is 252 g/mol. The first kappa shape index (κ1) is 14.2. The van der Waals surface area contributed by atoms with Crippen LogP contribution in [0, 0.1) is 10.1 Å². The Kier molecular flexibility index (Phi) is 5.38. The van der Waals surface area contributed by atoms with E-state index in [4.69, 9.17) is 5.84 Å². The van der Waals surface area contributed by atoms with Crippen molar-refractivity contribution in [3.8, 4) is 0 Å². The van der Waals surface area contributed by atoms with Crippen LogP contribution in [0.2, 0.25) is 0 Å². The first-order valence-corrected chi connectivity index (χ1v) is 6.10. The minimum Gasteiger partial charge on any atom is -0.377 e. The third kappa shape index (κ3) is 3.59. The van der Waals surface area contributed by atoms with Gasteiger partial charge >= 0.3 is 5.69 Å². The van der Waals surface area contributed by atoms with Gasteiger partial charge in [-0.3, -0.25) is 16.0 Å². The number of anilines is 2. The van der Waals surface area contributed by atoms with Gasteiger partial charge in [-0.15, -0.1) is 0 Å². The molecule has 1 rings (SSSR count). The molecule has 18 heavy (non-hydrogen) atoms. The van der Waals surface area contributed by atoms with Crippen molar-refractivity contribution >= 4 is 17.1 Å². The van der Waals surface area contributed by atoms with Crippen molar-refractivity contribution < 1.29 is 4.92 Å². The van der Waals surface area contributed by atoms with Crippen molar-refractivity contribution in [1.29, 1.82) is 0 Å². The summed E-state index contributed by atoms with van der Waals surface area (Å²) in [5, 5.41) is 14.2. The number of nitro groups is 1. The molecule has 1 aromatic carbocycles. The van der Waals surface area contributed by atoms with E-state index in [-0.39, 0.29) is 11.7 Å². The van der Waals surface area contributed by atoms with Gasteiger partial charge in [0.25, 0.3) is 0 Å². The Morgan fingerprint density at radius 3 is 2.67 bits per heavy atom. The standard InChI is InChI=1S/C12H20N4O2/c1-3-4-6-9(2)14-10-7-5-8-11(15-13)12(10)16(17)18/h5,7-9,14-15H,3-4,6,13H2,1-2H3. The molecule has 0 aliphatic carbocycles. The molecular formula is C12H20N4O2. The second-order valence-corrected chi connectivity index (χ2v) is 4.29. The number of rotatable bonds is 7. The zero-order chi connectivity index (χ0) is 13.5. The van der Waals surface area contributed by atoms with Crippen LogP contribution in [-0.2, 0) is 0 Å². The third-order valence-electron chi connectivity index (χ3n) is 2.77. The predicted molar refractivity (Wildman–Crippen MR) is 73.5 cm³/mol. The summed E-state index contributed by atoms with van der Waals surface area (Å²) in [7, 11) is 0. The van der Waals surface area contributed by atoms with Crippen molar-refractivity contribution in [1.82, 2.24) is 0 Å². The quantitative estimate of drug-likeness (QED) is 0.394. The summed E-state index contributed by atoms with van der Waals surface area (Å²) >= 11 is 0. The van der Waals surface area contributed by atoms with Gasteiger partial charge in [0.1, 0.15) is 11.4 Å². The number of hydrogen-bond donors (Lipinski definition) is 3. The third-order valence-corrected chi connectivity index (χ3v) is 2.77. The maximum atomic E-state index is 11.1. The molecule has 0 spiro atoms. The highest BCUT2D eigenvalue weighted by atomic mass is 16.6. The molecule has 1 aromatic rings. The molecule has 4 N–H and O–H groups in total. The van der Waals surface area contributed by atoms with Crippen LogP contribution in [-0.4, -0.2) is 11.0 Å². The van der Waals surface area contributed by atoms with Gasteiger partial charge in [-0.05, 0) is 25.5 Å². The van der Waals surface area contributed by atoms with Gasteiger partial charge in [0.2, 0.25) is 0 Å². The normalized spacial score (nSPS) is 11.9. The van der Waals surface area contributed by atoms with Crippen molar-refractivity contribution in [3.63, 3.8) is 0 Å². The van der Waals surface area contributed by atoms with Crippen molar-refractivity contribution in [2.75, 3.05) is 10.7 Å². The Hall–Kier alpha value is -1.82. The number of nitrogens with zero attached hydrogens (tertiary/aromatic N) is 1. The molecule has 0 saturated heterocycles. The highest BCUT2D eigenvalue weighted by Crippen LogP contribution is 2.32. The monoisotopic (exact) mass is 252 g/mol. The number of nitrogens with two attached hydrogens (primary N) is 1. The summed E-state index contributed by atoms with van der Waals surface area (Å²) in [6.07, 6.45) is 3.18. The van der Waals surface area contributed by atoms with Crippen LogP contribution in [0.1, 0.15) is 33.1 Å². The summed E-state index contributed by atoms with van der Waals surface area (Å²) in [6, 6.07) is 5.20. The summed E-state index contributed by atoms with van der Waals surface area (Å²) in [5.41, 5.74) is 3.15. The number of para-hydroxylation sites is 1. The Morgan fingerprint density at radius 1 is 1.44 bits per heavy atom. The molecule has 0 aliphatic rings. The van der Waals surface area contributed by atoms with E-state index in [1.54, 1.807) is 18.2 Å². The van der Waals surface area contributed by atoms with Crippen LogP contribution in [0.15, 0.2) is 18.2 Å². The molecule has 100 valence electrons. The Morgan fingerprint density at radius 2 is 2.11 bits per heavy atom. The summed E-state index contributed by atoms with van der Waals surface area (Å²) < 4.78 is 0. The lowest BCUT2D eigenvalue weighted by molar-refractivity contribution is -0.383. The van der Waals surface area contributed by atoms with Crippen molar-refractivity contribution in [2.24, 2.45) is 5.84 Å². The van der Waals surface area contributed by atoms with Gasteiger partial charge in [0.05, 0.1) is 4.92 Å². The first-order chi connectivity index (χ1) is 8.60. The van der Waals surface area contributed by atoms with Gasteiger partial charge < -0.3 is 10.7 Å². The number of nitro benzene ring substituents is 1. The van der Waals surface area contributed by atoms with E-state index in [0.717, 1.165) is 19.3 Å². The zero-order valence-corrected chi connectivity index (χ0v) is 10.8. The molecule has 0 aromatic heterocycles. The largest absolute Gasteiger partial charge is 0.377 e. The van der Waals surface area contributed by atoms with Gasteiger partial charge in [-0.1, -0.05) is 25.8 Å². The maximum absolute atomic E-state index is 11.1. The molecule has 1 unspecified atom stereocenters. The van der Waals surface area contributed by atoms with Crippen LogP contribution < -0.4 is 16.6 Å². The molecule has 0 bridgehead atoms. The molecule has 0 amide bonds. The lowest BCUT2D eigenvalue weighted by Gasteiger charge is -2.15. The summed E-state index contributed by atoms with van der Waals surface area (Å²) in [4.78, 5) is 10.6. The van der Waals surface area contributed by atoms with E-state index in [2.05, 4.69) is 17.7 Å². The lowest BCUT2D eigenvalue weighted by atomic mass is 10.1. The van der Waals surface area contributed by atoms with Crippen LogP contribution in [0.25, 0.3) is 0 Å². The fourth-order valence-electron chi connectivity index (χ4n) is 1.82. The summed E-state index contributed by atoms with van der Waals surface area (Å²) in [5.74, 6) is 5.29. The maximum Gasteiger partial charge on any atom is 0.316 e. The van der Waals surface area contributed by atoms with Crippen LogP contribution in [0.4, 0.5) is 17.1 Å². The van der Waals surface area contributed by atoms with E-state index in [9.17, 15) is 10.1 Å². The second-order valence-electron chi connectivity index (χ2n) is 4.29. The van der Waals surface area contributed by atoms with Crippen molar-refractivity contribution in [2.45, 2.75) is 39.2 Å². The number of hydrazine groups is 1. The van der Waals surface area contributed by atoms with Gasteiger partial charge in [-0.25, -0.2) is 0 Å². The highest BCUT2D eigenvalue weighted by Gasteiger charge is 2.19. The van der Waals surface area contributed by atoms with Gasteiger partial charge in [0, 0.05) is 6.04 Å². The molecule has 1 atom stereocenters. The van der Waals surface area contributed by atoms with Crippen LogP contribution >= 0.6 is 0 Å². The number of hydrogen-bond acceptors (Lipinski definition) is 5. The zero-order valence-electron chi connectivity index (χ0n) is 10.8. The minimum absolute atomic E-state index is 0.0108. The fraction of sp³-hybridized carbons (Fsp3) is 0.500. The molecule has 0 saturated carbocycles. The van der Waals surface area contributed by atoms with Gasteiger partial charge in [0.15, 0.2) is 0 Å². The Bertz CT molecular complexity index is 409. The lowest BCUT2D eigenvalue weighted by Crippen LogP contribution is -2.17. The van der Waals surface area contributed by atoms with E-state index in [0.29, 0.717) is 11.4 Å². The molecule has 6 heteroatoms. The van der Waals surface area contributed by atoms with Gasteiger partial charge in [-0.2, -0.15) is 0 Å². The van der Waals surface area contributed by atoms with E-state index in [1.807, 2.05) is 6.92 Å². The summed E-state index contributed by atoms with van der Waals surface area (Å²) in [6.45, 7) is 4.13. The number of nitrogens with one attached hydrogen (secondary N) is 2. The van der Waals surface area contributed by atoms with E-state index in [1.165, 1.54) is 0 Å². The topological polar surface area (TPSA) is 93.2 Å². The molecule has 0 fully saturated rings. The van der Waals surface area contributed by atoms with Crippen molar-refractivity contribution in [3.05, 3.63) is 28.3 Å². The Balaban J connectivity index is 2.90. The molecule has 0 aliphatic heterocycles. The van der Waals surface area contributed by atoms with E-state index < -0.39 is 4.92 Å². The highest BCUT2D eigenvalue weighted by molar-refractivity contribution is 5.75. The first-order valence-electron chi connectivity index (χ1n) is 6.10. The average Bonchev–Trinajstić information content (AvgIpc) is 2.35. The van der Waals surface area contributed by atoms with E-state index >= 15 is 0 Å². The molecular weight excluding hydrogens is 232 g/mol. The molecule has 0 heterocycles. The molecule has 0 radical (unpaired) electrons. The number of unbranched alkanes of at least 4 members (excludes halogenated alkanes) is 1. The number of benzene rings is 1. The molecule has 6 nitrogen and oxygen atoms in total. The van der Waals surface area contributed by atoms with Crippen LogP contribution in [0.3, 0.4) is 0 Å². The minimum atomic E-state index is -0.427. The fourth-order valence-corrected chi connectivity index (χ4v) is 1.82. The predicted octanol–water partition coefficient (Wildman–Crippen LogP) is 2.87. The van der Waals surface area contributed by atoms with Crippen LogP contribution in [0.5, 0.6) is 0 Å².